The van der Waals surface area contributed by atoms with Gasteiger partial charge in [-0.05, 0) is 24.6 Å². The Morgan fingerprint density at radius 1 is 0.737 bits per heavy atom. The van der Waals surface area contributed by atoms with Gasteiger partial charge < -0.3 is 0 Å². The summed E-state index contributed by atoms with van der Waals surface area (Å²) in [5.74, 6) is 0. The maximum absolute atomic E-state index is 4.57. The van der Waals surface area contributed by atoms with E-state index in [4.69, 9.17) is 0 Å². The van der Waals surface area contributed by atoms with Gasteiger partial charge in [0.05, 0.1) is 5.69 Å². The number of pyridine rings is 1. The van der Waals surface area contributed by atoms with Gasteiger partial charge in [-0.3, -0.25) is 4.98 Å². The molecule has 0 N–H and O–H groups in total. The summed E-state index contributed by atoms with van der Waals surface area (Å²) in [5.41, 5.74) is 5.83. The second-order valence-electron chi connectivity index (χ2n) is 4.64. The van der Waals surface area contributed by atoms with E-state index in [9.17, 15) is 0 Å². The Labute approximate surface area is 113 Å². The van der Waals surface area contributed by atoms with Crippen molar-refractivity contribution in [2.75, 3.05) is 0 Å². The molecule has 0 radical (unpaired) electrons. The summed E-state index contributed by atoms with van der Waals surface area (Å²) in [7, 11) is 0. The van der Waals surface area contributed by atoms with E-state index in [-0.39, 0.29) is 0 Å². The molecule has 1 heterocycles. The fourth-order valence-electron chi connectivity index (χ4n) is 2.28. The zero-order valence-corrected chi connectivity index (χ0v) is 10.9. The third-order valence-electron chi connectivity index (χ3n) is 3.18. The van der Waals surface area contributed by atoms with E-state index in [2.05, 4.69) is 66.5 Å². The lowest BCUT2D eigenvalue weighted by Gasteiger charge is -2.09. The molecule has 0 spiro atoms. The first-order valence-electron chi connectivity index (χ1n) is 6.42. The van der Waals surface area contributed by atoms with E-state index in [1.807, 2.05) is 18.3 Å². The van der Waals surface area contributed by atoms with Gasteiger partial charge in [0.25, 0.3) is 0 Å². The van der Waals surface area contributed by atoms with Gasteiger partial charge >= 0.3 is 0 Å². The first-order chi connectivity index (χ1) is 9.34. The van der Waals surface area contributed by atoms with Crippen molar-refractivity contribution in [2.24, 2.45) is 0 Å². The predicted octanol–water partition coefficient (Wildman–Crippen LogP) is 4.72. The van der Waals surface area contributed by atoms with Crippen LogP contribution in [0.1, 0.15) is 5.56 Å². The summed E-state index contributed by atoms with van der Waals surface area (Å²) in [4.78, 5) is 4.57. The maximum atomic E-state index is 4.57. The van der Waals surface area contributed by atoms with Crippen LogP contribution in [0.4, 0.5) is 0 Å². The Bertz CT molecular complexity index is 687. The van der Waals surface area contributed by atoms with Crippen molar-refractivity contribution >= 4 is 0 Å². The molecule has 3 aromatic rings. The molecule has 0 unspecified atom stereocenters. The van der Waals surface area contributed by atoms with Crippen molar-refractivity contribution < 1.29 is 0 Å². The normalized spacial score (nSPS) is 10.4. The van der Waals surface area contributed by atoms with Gasteiger partial charge in [0.1, 0.15) is 0 Å². The van der Waals surface area contributed by atoms with Crippen molar-refractivity contribution in [3.8, 4) is 22.4 Å². The van der Waals surface area contributed by atoms with Crippen molar-refractivity contribution in [1.29, 1.82) is 0 Å². The summed E-state index contributed by atoms with van der Waals surface area (Å²) in [6, 6.07) is 23.0. The standard InChI is InChI=1S/C18H15N/c1-14-7-5-10-16(13-14)18-17(11-6-12-19-18)15-8-3-2-4-9-15/h2-13H,1H3. The summed E-state index contributed by atoms with van der Waals surface area (Å²) in [6.45, 7) is 2.11. The predicted molar refractivity (Wildman–Crippen MR) is 79.8 cm³/mol. The summed E-state index contributed by atoms with van der Waals surface area (Å²) < 4.78 is 0. The van der Waals surface area contributed by atoms with Crippen LogP contribution < -0.4 is 0 Å². The van der Waals surface area contributed by atoms with Crippen molar-refractivity contribution in [1.82, 2.24) is 4.98 Å². The van der Waals surface area contributed by atoms with Crippen LogP contribution in [0.25, 0.3) is 22.4 Å². The quantitative estimate of drug-likeness (QED) is 0.636. The topological polar surface area (TPSA) is 12.9 Å². The van der Waals surface area contributed by atoms with Crippen LogP contribution in [0.2, 0.25) is 0 Å². The Morgan fingerprint density at radius 3 is 2.32 bits per heavy atom. The fraction of sp³-hybridized carbons (Fsp3) is 0.0556. The minimum atomic E-state index is 1.04. The molecule has 0 amide bonds. The third kappa shape index (κ3) is 2.41. The lowest BCUT2D eigenvalue weighted by Crippen LogP contribution is -1.89. The molecule has 1 aromatic heterocycles. The van der Waals surface area contributed by atoms with Crippen molar-refractivity contribution in [3.63, 3.8) is 0 Å². The first kappa shape index (κ1) is 11.7. The van der Waals surface area contributed by atoms with Crippen LogP contribution in [0.3, 0.4) is 0 Å². The number of nitrogens with zero attached hydrogens (tertiary/aromatic N) is 1. The molecule has 0 bridgehead atoms. The molecule has 0 aliphatic carbocycles. The Hall–Kier alpha value is -2.41. The molecule has 0 aliphatic heterocycles. The third-order valence-corrected chi connectivity index (χ3v) is 3.18. The second-order valence-corrected chi connectivity index (χ2v) is 4.64. The largest absolute Gasteiger partial charge is 0.256 e. The molecule has 1 heteroatoms. The van der Waals surface area contributed by atoms with Crippen LogP contribution in [0, 0.1) is 6.92 Å². The van der Waals surface area contributed by atoms with Crippen molar-refractivity contribution in [2.45, 2.75) is 6.92 Å². The van der Waals surface area contributed by atoms with E-state index in [1.165, 1.54) is 22.3 Å². The summed E-state index contributed by atoms with van der Waals surface area (Å²) >= 11 is 0. The van der Waals surface area contributed by atoms with Gasteiger partial charge in [-0.25, -0.2) is 0 Å². The second kappa shape index (κ2) is 5.07. The Kier molecular flexibility index (Phi) is 3.11. The molecular formula is C18H15N. The average Bonchev–Trinajstić information content (AvgIpc) is 2.48. The lowest BCUT2D eigenvalue weighted by atomic mass is 9.98. The highest BCUT2D eigenvalue weighted by molar-refractivity contribution is 5.80. The highest BCUT2D eigenvalue weighted by atomic mass is 14.7. The van der Waals surface area contributed by atoms with E-state index < -0.39 is 0 Å². The van der Waals surface area contributed by atoms with E-state index in [1.54, 1.807) is 0 Å². The van der Waals surface area contributed by atoms with E-state index in [0.717, 1.165) is 5.69 Å². The van der Waals surface area contributed by atoms with Crippen LogP contribution in [0.15, 0.2) is 72.9 Å². The summed E-state index contributed by atoms with van der Waals surface area (Å²) in [6.07, 6.45) is 1.85. The molecule has 0 saturated carbocycles. The molecule has 0 saturated heterocycles. The zero-order chi connectivity index (χ0) is 13.1. The lowest BCUT2D eigenvalue weighted by molar-refractivity contribution is 1.32. The Morgan fingerprint density at radius 2 is 1.53 bits per heavy atom. The van der Waals surface area contributed by atoms with Gasteiger partial charge in [0.15, 0.2) is 0 Å². The number of hydrogen-bond donors (Lipinski definition) is 0. The number of aryl methyl sites for hydroxylation is 1. The summed E-state index contributed by atoms with van der Waals surface area (Å²) in [5, 5.41) is 0. The smallest absolute Gasteiger partial charge is 0.0780 e. The van der Waals surface area contributed by atoms with Gasteiger partial charge in [0.2, 0.25) is 0 Å². The van der Waals surface area contributed by atoms with Gasteiger partial charge in [0, 0.05) is 17.3 Å². The van der Waals surface area contributed by atoms with Gasteiger partial charge in [-0.2, -0.15) is 0 Å². The highest BCUT2D eigenvalue weighted by Crippen LogP contribution is 2.30. The first-order valence-corrected chi connectivity index (χ1v) is 6.42. The molecular weight excluding hydrogens is 230 g/mol. The van der Waals surface area contributed by atoms with Crippen LogP contribution in [0.5, 0.6) is 0 Å². The molecule has 19 heavy (non-hydrogen) atoms. The van der Waals surface area contributed by atoms with E-state index >= 15 is 0 Å². The monoisotopic (exact) mass is 245 g/mol. The Balaban J connectivity index is 2.18. The van der Waals surface area contributed by atoms with Crippen LogP contribution in [-0.2, 0) is 0 Å². The molecule has 0 aliphatic rings. The van der Waals surface area contributed by atoms with Crippen LogP contribution in [-0.4, -0.2) is 4.98 Å². The van der Waals surface area contributed by atoms with Crippen molar-refractivity contribution in [3.05, 3.63) is 78.5 Å². The molecule has 0 atom stereocenters. The maximum Gasteiger partial charge on any atom is 0.0780 e. The average molecular weight is 245 g/mol. The minimum absolute atomic E-state index is 1.04. The van der Waals surface area contributed by atoms with Gasteiger partial charge in [-0.15, -0.1) is 0 Å². The number of aromatic nitrogens is 1. The zero-order valence-electron chi connectivity index (χ0n) is 10.9. The van der Waals surface area contributed by atoms with E-state index in [0.29, 0.717) is 0 Å². The number of rotatable bonds is 2. The fourth-order valence-corrected chi connectivity index (χ4v) is 2.28. The highest BCUT2D eigenvalue weighted by Gasteiger charge is 2.07. The molecule has 3 rings (SSSR count). The SMILES string of the molecule is Cc1cccc(-c2ncccc2-c2ccccc2)c1. The molecule has 1 nitrogen and oxygen atoms in total. The molecule has 0 fully saturated rings. The number of benzene rings is 2. The minimum Gasteiger partial charge on any atom is -0.256 e. The molecule has 2 aromatic carbocycles. The van der Waals surface area contributed by atoms with Gasteiger partial charge in [-0.1, -0.05) is 60.2 Å². The van der Waals surface area contributed by atoms with Crippen LogP contribution >= 0.6 is 0 Å². The molecule has 92 valence electrons. The number of hydrogen-bond acceptors (Lipinski definition) is 1.